The van der Waals surface area contributed by atoms with Gasteiger partial charge in [0.05, 0.1) is 10.9 Å². The van der Waals surface area contributed by atoms with Gasteiger partial charge in [0.2, 0.25) is 0 Å². The fraction of sp³-hybridized carbons (Fsp3) is 0.125. The highest BCUT2D eigenvalue weighted by Crippen LogP contribution is 2.30. The Morgan fingerprint density at radius 2 is 1.91 bits per heavy atom. The van der Waals surface area contributed by atoms with E-state index in [4.69, 9.17) is 0 Å². The molecule has 5 nitrogen and oxygen atoms in total. The maximum atomic E-state index is 12.7. The number of nitrogens with zero attached hydrogens (tertiary/aromatic N) is 2. The molecule has 0 aliphatic carbocycles. The van der Waals surface area contributed by atoms with Crippen LogP contribution in [0, 0.1) is 0 Å². The first-order chi connectivity index (χ1) is 10.5. The molecule has 2 aromatic heterocycles. The average molecular weight is 314 g/mol. The number of para-hydroxylation sites is 1. The third-order valence-corrected chi connectivity index (χ3v) is 4.41. The van der Waals surface area contributed by atoms with E-state index in [0.29, 0.717) is 16.6 Å². The van der Waals surface area contributed by atoms with Gasteiger partial charge in [0, 0.05) is 30.5 Å². The van der Waals surface area contributed by atoms with Crippen molar-refractivity contribution in [2.75, 3.05) is 11.9 Å². The zero-order chi connectivity index (χ0) is 15.9. The second kappa shape index (κ2) is 5.31. The summed E-state index contributed by atoms with van der Waals surface area (Å²) in [7, 11) is 3.17. The summed E-state index contributed by atoms with van der Waals surface area (Å²) in [5.74, 6) is -0.787. The third kappa shape index (κ3) is 2.08. The number of hydrogen-bond donors (Lipinski definition) is 1. The van der Waals surface area contributed by atoms with Crippen LogP contribution in [0.15, 0.2) is 45.9 Å². The fourth-order valence-corrected chi connectivity index (χ4v) is 3.22. The van der Waals surface area contributed by atoms with Gasteiger partial charge in [-0.3, -0.25) is 9.59 Å². The lowest BCUT2D eigenvalue weighted by molar-refractivity contribution is 0.0988. The minimum Gasteiger partial charge on any atom is -0.506 e. The molecule has 6 heteroatoms. The minimum absolute atomic E-state index is 0.209. The highest BCUT2D eigenvalue weighted by molar-refractivity contribution is 7.09. The van der Waals surface area contributed by atoms with E-state index in [0.717, 1.165) is 0 Å². The predicted octanol–water partition coefficient (Wildman–Crippen LogP) is 2.58. The summed E-state index contributed by atoms with van der Waals surface area (Å²) in [5, 5.41) is 14.4. The van der Waals surface area contributed by atoms with Gasteiger partial charge in [-0.1, -0.05) is 18.2 Å². The summed E-state index contributed by atoms with van der Waals surface area (Å²) in [4.78, 5) is 26.5. The van der Waals surface area contributed by atoms with E-state index < -0.39 is 11.5 Å². The molecule has 1 N–H and O–H groups in total. The second-order valence-electron chi connectivity index (χ2n) is 4.96. The molecule has 0 spiro atoms. The van der Waals surface area contributed by atoms with Gasteiger partial charge in [0.25, 0.3) is 11.5 Å². The van der Waals surface area contributed by atoms with Gasteiger partial charge < -0.3 is 14.6 Å². The lowest BCUT2D eigenvalue weighted by Gasteiger charge is -2.18. The Morgan fingerprint density at radius 3 is 2.59 bits per heavy atom. The van der Waals surface area contributed by atoms with Crippen molar-refractivity contribution >= 4 is 33.8 Å². The van der Waals surface area contributed by atoms with Crippen LogP contribution in [-0.4, -0.2) is 22.6 Å². The Hall–Kier alpha value is -2.60. The van der Waals surface area contributed by atoms with Gasteiger partial charge >= 0.3 is 0 Å². The number of aromatic nitrogens is 1. The SMILES string of the molecule is CN(C(=O)c1c(O)c2cscc2n(C)c1=O)c1ccccc1. The lowest BCUT2D eigenvalue weighted by atomic mass is 10.1. The maximum absolute atomic E-state index is 12.7. The van der Waals surface area contributed by atoms with E-state index in [-0.39, 0.29) is 11.3 Å². The van der Waals surface area contributed by atoms with Crippen molar-refractivity contribution in [1.29, 1.82) is 0 Å². The van der Waals surface area contributed by atoms with E-state index >= 15 is 0 Å². The summed E-state index contributed by atoms with van der Waals surface area (Å²) in [6, 6.07) is 8.99. The zero-order valence-electron chi connectivity index (χ0n) is 12.1. The zero-order valence-corrected chi connectivity index (χ0v) is 12.9. The first kappa shape index (κ1) is 14.3. The molecule has 0 aliphatic rings. The number of aromatic hydroxyl groups is 1. The Labute approximate surface area is 130 Å². The smallest absolute Gasteiger partial charge is 0.267 e. The predicted molar refractivity (Wildman–Crippen MR) is 87.9 cm³/mol. The Kier molecular flexibility index (Phi) is 3.46. The molecule has 2 heterocycles. The number of pyridine rings is 1. The monoisotopic (exact) mass is 314 g/mol. The summed E-state index contributed by atoms with van der Waals surface area (Å²) >= 11 is 1.37. The van der Waals surface area contributed by atoms with Gasteiger partial charge in [0.1, 0.15) is 11.3 Å². The molecule has 112 valence electrons. The van der Waals surface area contributed by atoms with Gasteiger partial charge in [-0.2, -0.15) is 0 Å². The molecule has 0 radical (unpaired) electrons. The topological polar surface area (TPSA) is 62.5 Å². The van der Waals surface area contributed by atoms with Crippen molar-refractivity contribution in [3.8, 4) is 5.75 Å². The van der Waals surface area contributed by atoms with Crippen LogP contribution >= 0.6 is 11.3 Å². The van der Waals surface area contributed by atoms with Crippen molar-refractivity contribution in [3.05, 3.63) is 57.0 Å². The number of benzene rings is 1. The molecular formula is C16H14N2O3S. The number of aryl methyl sites for hydroxylation is 1. The van der Waals surface area contributed by atoms with Crippen LogP contribution in [0.3, 0.4) is 0 Å². The third-order valence-electron chi connectivity index (χ3n) is 3.68. The standard InChI is InChI=1S/C16H14N2O3S/c1-17(10-6-4-3-5-7-10)15(20)13-14(19)11-8-22-9-12(11)18(2)16(13)21/h3-9,19H,1-2H3. The molecule has 3 aromatic rings. The highest BCUT2D eigenvalue weighted by Gasteiger charge is 2.24. The number of anilines is 1. The largest absolute Gasteiger partial charge is 0.506 e. The van der Waals surface area contributed by atoms with Crippen molar-refractivity contribution in [2.45, 2.75) is 0 Å². The maximum Gasteiger partial charge on any atom is 0.267 e. The van der Waals surface area contributed by atoms with Crippen LogP contribution in [0.1, 0.15) is 10.4 Å². The van der Waals surface area contributed by atoms with Crippen LogP contribution in [-0.2, 0) is 7.05 Å². The number of amides is 1. The van der Waals surface area contributed by atoms with Crippen LogP contribution in [0.25, 0.3) is 10.9 Å². The van der Waals surface area contributed by atoms with Crippen molar-refractivity contribution in [2.24, 2.45) is 7.05 Å². The average Bonchev–Trinajstić information content (AvgIpc) is 3.03. The van der Waals surface area contributed by atoms with Crippen molar-refractivity contribution < 1.29 is 9.90 Å². The number of fused-ring (bicyclic) bond motifs is 1. The number of carbonyl (C=O) groups excluding carboxylic acids is 1. The molecule has 0 fully saturated rings. The molecule has 0 bridgehead atoms. The van der Waals surface area contributed by atoms with Crippen LogP contribution in [0.4, 0.5) is 5.69 Å². The molecule has 1 aromatic carbocycles. The molecule has 0 unspecified atom stereocenters. The van der Waals surface area contributed by atoms with Crippen molar-refractivity contribution in [3.63, 3.8) is 0 Å². The summed E-state index contributed by atoms with van der Waals surface area (Å²) in [6.07, 6.45) is 0. The van der Waals surface area contributed by atoms with E-state index in [1.54, 1.807) is 49.1 Å². The van der Waals surface area contributed by atoms with Crippen LogP contribution in [0.5, 0.6) is 5.75 Å². The van der Waals surface area contributed by atoms with E-state index in [1.165, 1.54) is 20.8 Å². The molecule has 22 heavy (non-hydrogen) atoms. The fourth-order valence-electron chi connectivity index (χ4n) is 2.37. The normalized spacial score (nSPS) is 10.8. The Morgan fingerprint density at radius 1 is 1.23 bits per heavy atom. The highest BCUT2D eigenvalue weighted by atomic mass is 32.1. The molecule has 0 aliphatic heterocycles. The molecule has 1 amide bonds. The molecule has 0 saturated heterocycles. The van der Waals surface area contributed by atoms with Crippen molar-refractivity contribution in [1.82, 2.24) is 4.57 Å². The summed E-state index contributed by atoms with van der Waals surface area (Å²) < 4.78 is 1.39. The quantitative estimate of drug-likeness (QED) is 0.791. The molecule has 0 atom stereocenters. The van der Waals surface area contributed by atoms with Gasteiger partial charge in [0.15, 0.2) is 0 Å². The second-order valence-corrected chi connectivity index (χ2v) is 5.70. The van der Waals surface area contributed by atoms with Gasteiger partial charge in [-0.25, -0.2) is 0 Å². The number of carbonyl (C=O) groups is 1. The van der Waals surface area contributed by atoms with Crippen LogP contribution < -0.4 is 10.5 Å². The molecule has 0 saturated carbocycles. The Balaban J connectivity index is 2.18. The first-order valence-electron chi connectivity index (χ1n) is 6.63. The van der Waals surface area contributed by atoms with Crippen LogP contribution in [0.2, 0.25) is 0 Å². The van der Waals surface area contributed by atoms with E-state index in [1.807, 2.05) is 6.07 Å². The number of hydrogen-bond acceptors (Lipinski definition) is 4. The summed E-state index contributed by atoms with van der Waals surface area (Å²) in [6.45, 7) is 0. The molecular weight excluding hydrogens is 300 g/mol. The molecule has 3 rings (SSSR count). The van der Waals surface area contributed by atoms with Gasteiger partial charge in [-0.15, -0.1) is 11.3 Å². The minimum atomic E-state index is -0.530. The first-order valence-corrected chi connectivity index (χ1v) is 7.57. The number of thiophene rings is 1. The lowest BCUT2D eigenvalue weighted by Crippen LogP contribution is -2.33. The van der Waals surface area contributed by atoms with E-state index in [9.17, 15) is 14.7 Å². The van der Waals surface area contributed by atoms with E-state index in [2.05, 4.69) is 0 Å². The summed E-state index contributed by atoms with van der Waals surface area (Å²) in [5.41, 5.74) is 0.557. The Bertz CT molecular complexity index is 912. The number of rotatable bonds is 2. The van der Waals surface area contributed by atoms with Gasteiger partial charge in [-0.05, 0) is 12.1 Å².